The van der Waals surface area contributed by atoms with Crippen LogP contribution in [0.25, 0.3) is 0 Å². The van der Waals surface area contributed by atoms with Gasteiger partial charge in [0.05, 0.1) is 0 Å². The Morgan fingerprint density at radius 3 is 2.57 bits per heavy atom. The third-order valence-corrected chi connectivity index (χ3v) is 3.48. The Balaban J connectivity index is 1.67. The van der Waals surface area contributed by atoms with Crippen molar-refractivity contribution in [2.75, 3.05) is 0 Å². The van der Waals surface area contributed by atoms with E-state index in [-0.39, 0.29) is 11.9 Å². The molecule has 1 aromatic heterocycles. The minimum Gasteiger partial charge on any atom is -0.354 e. The van der Waals surface area contributed by atoms with E-state index in [0.717, 1.165) is 24.8 Å². The zero-order chi connectivity index (χ0) is 14.9. The van der Waals surface area contributed by atoms with Gasteiger partial charge in [0.25, 0.3) is 0 Å². The predicted molar refractivity (Wildman–Crippen MR) is 84.9 cm³/mol. The average molecular weight is 282 g/mol. The lowest BCUT2D eigenvalue weighted by molar-refractivity contribution is -0.121. The van der Waals surface area contributed by atoms with Crippen molar-refractivity contribution < 1.29 is 4.79 Å². The lowest BCUT2D eigenvalue weighted by atomic mass is 10.1. The minimum atomic E-state index is 0.111. The van der Waals surface area contributed by atoms with Gasteiger partial charge in [0, 0.05) is 24.9 Å². The van der Waals surface area contributed by atoms with Gasteiger partial charge in [-0.3, -0.25) is 9.78 Å². The minimum absolute atomic E-state index is 0.111. The number of hydrogen-bond acceptors (Lipinski definition) is 2. The van der Waals surface area contributed by atoms with E-state index in [2.05, 4.69) is 29.4 Å². The van der Waals surface area contributed by atoms with E-state index in [1.807, 2.05) is 36.5 Å². The average Bonchev–Trinajstić information content (AvgIpc) is 2.53. The van der Waals surface area contributed by atoms with Gasteiger partial charge in [-0.25, -0.2) is 0 Å². The van der Waals surface area contributed by atoms with E-state index < -0.39 is 0 Å². The van der Waals surface area contributed by atoms with Crippen molar-refractivity contribution in [1.29, 1.82) is 0 Å². The van der Waals surface area contributed by atoms with E-state index in [1.165, 1.54) is 5.56 Å². The van der Waals surface area contributed by atoms with Crippen LogP contribution in [-0.2, 0) is 17.6 Å². The Morgan fingerprint density at radius 1 is 1.10 bits per heavy atom. The first-order valence-corrected chi connectivity index (χ1v) is 7.46. The van der Waals surface area contributed by atoms with E-state index >= 15 is 0 Å². The molecule has 0 spiro atoms. The highest BCUT2D eigenvalue weighted by molar-refractivity contribution is 5.76. The number of aryl methyl sites for hydroxylation is 2. The van der Waals surface area contributed by atoms with E-state index in [1.54, 1.807) is 6.20 Å². The molecule has 1 aromatic carbocycles. The largest absolute Gasteiger partial charge is 0.354 e. The molecule has 0 bridgehead atoms. The SMILES string of the molecule is CC(CCc1ccccc1)NC(=O)CCc1cccnc1. The number of pyridine rings is 1. The van der Waals surface area contributed by atoms with Gasteiger partial charge >= 0.3 is 0 Å². The van der Waals surface area contributed by atoms with Crippen LogP contribution in [0.4, 0.5) is 0 Å². The molecule has 0 aliphatic carbocycles. The maximum absolute atomic E-state index is 11.9. The Kier molecular flexibility index (Phi) is 5.95. The summed E-state index contributed by atoms with van der Waals surface area (Å²) in [7, 11) is 0. The molecule has 0 radical (unpaired) electrons. The summed E-state index contributed by atoms with van der Waals surface area (Å²) in [6.07, 6.45) is 6.77. The summed E-state index contributed by atoms with van der Waals surface area (Å²) < 4.78 is 0. The lowest BCUT2D eigenvalue weighted by Crippen LogP contribution is -2.33. The van der Waals surface area contributed by atoms with Crippen LogP contribution in [-0.4, -0.2) is 16.9 Å². The summed E-state index contributed by atoms with van der Waals surface area (Å²) >= 11 is 0. The molecule has 1 amide bonds. The van der Waals surface area contributed by atoms with Crippen LogP contribution >= 0.6 is 0 Å². The normalized spacial score (nSPS) is 11.9. The van der Waals surface area contributed by atoms with Crippen molar-refractivity contribution in [3.63, 3.8) is 0 Å². The van der Waals surface area contributed by atoms with Crippen molar-refractivity contribution in [1.82, 2.24) is 10.3 Å². The van der Waals surface area contributed by atoms with Crippen LogP contribution in [0.3, 0.4) is 0 Å². The number of rotatable bonds is 7. The second kappa shape index (κ2) is 8.20. The Bertz CT molecular complexity index is 540. The molecule has 3 nitrogen and oxygen atoms in total. The third-order valence-electron chi connectivity index (χ3n) is 3.48. The molecule has 110 valence electrons. The second-order valence-corrected chi connectivity index (χ2v) is 5.35. The van der Waals surface area contributed by atoms with Crippen LogP contribution in [0.5, 0.6) is 0 Å². The second-order valence-electron chi connectivity index (χ2n) is 5.35. The van der Waals surface area contributed by atoms with Crippen molar-refractivity contribution in [2.24, 2.45) is 0 Å². The van der Waals surface area contributed by atoms with Crippen molar-refractivity contribution in [3.05, 3.63) is 66.0 Å². The lowest BCUT2D eigenvalue weighted by Gasteiger charge is -2.14. The van der Waals surface area contributed by atoms with Crippen LogP contribution in [0.15, 0.2) is 54.9 Å². The molecular weight excluding hydrogens is 260 g/mol. The summed E-state index contributed by atoms with van der Waals surface area (Å²) in [5, 5.41) is 3.06. The number of hydrogen-bond donors (Lipinski definition) is 1. The maximum Gasteiger partial charge on any atom is 0.220 e. The highest BCUT2D eigenvalue weighted by Gasteiger charge is 2.07. The third kappa shape index (κ3) is 5.78. The molecule has 21 heavy (non-hydrogen) atoms. The van der Waals surface area contributed by atoms with Gasteiger partial charge in [0.2, 0.25) is 5.91 Å². The predicted octanol–water partition coefficient (Wildman–Crippen LogP) is 3.15. The first kappa shape index (κ1) is 15.2. The first-order chi connectivity index (χ1) is 10.2. The Hall–Kier alpha value is -2.16. The number of amides is 1. The van der Waals surface area contributed by atoms with E-state index in [0.29, 0.717) is 6.42 Å². The fraction of sp³-hybridized carbons (Fsp3) is 0.333. The van der Waals surface area contributed by atoms with E-state index in [9.17, 15) is 4.79 Å². The molecule has 1 heterocycles. The Morgan fingerprint density at radius 2 is 1.86 bits per heavy atom. The molecule has 0 saturated carbocycles. The topological polar surface area (TPSA) is 42.0 Å². The molecule has 0 fully saturated rings. The molecule has 1 N–H and O–H groups in total. The van der Waals surface area contributed by atoms with Gasteiger partial charge in [-0.05, 0) is 43.4 Å². The Labute approximate surface area is 126 Å². The number of carbonyl (C=O) groups excluding carboxylic acids is 1. The number of benzene rings is 1. The van der Waals surface area contributed by atoms with Crippen molar-refractivity contribution >= 4 is 5.91 Å². The molecular formula is C18H22N2O. The molecule has 0 saturated heterocycles. The zero-order valence-corrected chi connectivity index (χ0v) is 12.5. The van der Waals surface area contributed by atoms with Crippen LogP contribution in [0.1, 0.15) is 30.9 Å². The van der Waals surface area contributed by atoms with Gasteiger partial charge in [-0.2, -0.15) is 0 Å². The summed E-state index contributed by atoms with van der Waals surface area (Å²) in [6.45, 7) is 2.06. The molecule has 3 heteroatoms. The molecule has 1 atom stereocenters. The zero-order valence-electron chi connectivity index (χ0n) is 12.5. The van der Waals surface area contributed by atoms with Gasteiger partial charge in [-0.15, -0.1) is 0 Å². The van der Waals surface area contributed by atoms with Crippen LogP contribution in [0.2, 0.25) is 0 Å². The summed E-state index contributed by atoms with van der Waals surface area (Å²) in [4.78, 5) is 16.0. The number of carbonyl (C=O) groups is 1. The highest BCUT2D eigenvalue weighted by Crippen LogP contribution is 2.05. The monoisotopic (exact) mass is 282 g/mol. The molecule has 1 unspecified atom stereocenters. The fourth-order valence-electron chi connectivity index (χ4n) is 2.25. The van der Waals surface area contributed by atoms with E-state index in [4.69, 9.17) is 0 Å². The quantitative estimate of drug-likeness (QED) is 0.847. The number of nitrogens with one attached hydrogen (secondary N) is 1. The number of nitrogens with zero attached hydrogens (tertiary/aromatic N) is 1. The smallest absolute Gasteiger partial charge is 0.220 e. The van der Waals surface area contributed by atoms with Gasteiger partial charge in [0.1, 0.15) is 0 Å². The van der Waals surface area contributed by atoms with Crippen molar-refractivity contribution in [3.8, 4) is 0 Å². The molecule has 2 aromatic rings. The molecule has 0 aliphatic rings. The summed E-state index contributed by atoms with van der Waals surface area (Å²) in [6, 6.07) is 14.5. The maximum atomic E-state index is 11.9. The molecule has 0 aliphatic heterocycles. The van der Waals surface area contributed by atoms with Gasteiger partial charge in [-0.1, -0.05) is 36.4 Å². The van der Waals surface area contributed by atoms with Gasteiger partial charge < -0.3 is 5.32 Å². The van der Waals surface area contributed by atoms with Crippen LogP contribution in [0, 0.1) is 0 Å². The number of aromatic nitrogens is 1. The molecule has 2 rings (SSSR count). The van der Waals surface area contributed by atoms with Crippen molar-refractivity contribution in [2.45, 2.75) is 38.6 Å². The van der Waals surface area contributed by atoms with Crippen LogP contribution < -0.4 is 5.32 Å². The first-order valence-electron chi connectivity index (χ1n) is 7.46. The summed E-state index contributed by atoms with van der Waals surface area (Å²) in [5.74, 6) is 0.111. The van der Waals surface area contributed by atoms with Gasteiger partial charge in [0.15, 0.2) is 0 Å². The summed E-state index contributed by atoms with van der Waals surface area (Å²) in [5.41, 5.74) is 2.42. The highest BCUT2D eigenvalue weighted by atomic mass is 16.1. The standard InChI is InChI=1S/C18H22N2O/c1-15(9-10-16-6-3-2-4-7-16)20-18(21)12-11-17-8-5-13-19-14-17/h2-8,13-15H,9-12H2,1H3,(H,20,21). The fourth-order valence-corrected chi connectivity index (χ4v) is 2.25.